The van der Waals surface area contributed by atoms with E-state index in [1.54, 1.807) is 0 Å². The van der Waals surface area contributed by atoms with E-state index in [0.717, 1.165) is 51.6 Å². The molecule has 0 radical (unpaired) electrons. The second-order valence-corrected chi connectivity index (χ2v) is 8.22. The number of nitrogens with zero attached hydrogens (tertiary/aromatic N) is 1. The van der Waals surface area contributed by atoms with Crippen molar-refractivity contribution in [2.45, 2.75) is 31.7 Å². The fourth-order valence-corrected chi connectivity index (χ4v) is 3.40. The van der Waals surface area contributed by atoms with E-state index in [4.69, 9.17) is 0 Å². The number of carbonyl (C=O) groups is 1. The van der Waals surface area contributed by atoms with Gasteiger partial charge < -0.3 is 10.2 Å². The number of amides is 1. The molecule has 1 atom stereocenters. The standard InChI is InChI=1S/C17H27N3O3S/c1-24(22,23)18-13-17(21)19-16-10-6-12-20(14-16)11-5-9-15-7-3-2-4-8-15/h2-4,7-8,16,18H,5-6,9-14H2,1H3,(H,19,21). The summed E-state index contributed by atoms with van der Waals surface area (Å²) in [6.07, 6.45) is 5.21. The van der Waals surface area contributed by atoms with Crippen molar-refractivity contribution in [2.24, 2.45) is 0 Å². The highest BCUT2D eigenvalue weighted by molar-refractivity contribution is 7.88. The molecule has 134 valence electrons. The molecule has 1 aromatic carbocycles. The Kier molecular flexibility index (Phi) is 7.20. The average molecular weight is 353 g/mol. The molecule has 2 N–H and O–H groups in total. The number of sulfonamides is 1. The van der Waals surface area contributed by atoms with E-state index in [1.807, 2.05) is 6.07 Å². The van der Waals surface area contributed by atoms with Crippen LogP contribution in [0.25, 0.3) is 0 Å². The van der Waals surface area contributed by atoms with Gasteiger partial charge in [-0.2, -0.15) is 0 Å². The molecule has 1 amide bonds. The van der Waals surface area contributed by atoms with Crippen molar-refractivity contribution in [2.75, 3.05) is 32.4 Å². The van der Waals surface area contributed by atoms with Gasteiger partial charge in [-0.05, 0) is 44.3 Å². The third kappa shape index (κ3) is 7.42. The molecule has 1 fully saturated rings. The molecule has 1 saturated heterocycles. The minimum absolute atomic E-state index is 0.101. The van der Waals surface area contributed by atoms with Gasteiger partial charge in [0.2, 0.25) is 15.9 Å². The van der Waals surface area contributed by atoms with Crippen LogP contribution in [-0.2, 0) is 21.2 Å². The van der Waals surface area contributed by atoms with Crippen LogP contribution < -0.4 is 10.0 Å². The number of likely N-dealkylation sites (tertiary alicyclic amines) is 1. The molecule has 1 aromatic rings. The number of hydrogen-bond acceptors (Lipinski definition) is 4. The predicted molar refractivity (Wildman–Crippen MR) is 95.2 cm³/mol. The maximum atomic E-state index is 11.8. The first kappa shape index (κ1) is 18.9. The van der Waals surface area contributed by atoms with E-state index in [1.165, 1.54) is 5.56 Å². The summed E-state index contributed by atoms with van der Waals surface area (Å²) in [5.74, 6) is -0.267. The molecule has 0 aliphatic carbocycles. The summed E-state index contributed by atoms with van der Waals surface area (Å²) >= 11 is 0. The summed E-state index contributed by atoms with van der Waals surface area (Å²) in [6, 6.07) is 10.5. The van der Waals surface area contributed by atoms with E-state index >= 15 is 0 Å². The fraction of sp³-hybridized carbons (Fsp3) is 0.588. The van der Waals surface area contributed by atoms with E-state index in [9.17, 15) is 13.2 Å². The van der Waals surface area contributed by atoms with Crippen LogP contribution in [0.15, 0.2) is 30.3 Å². The first-order valence-electron chi connectivity index (χ1n) is 8.43. The molecule has 1 unspecified atom stereocenters. The lowest BCUT2D eigenvalue weighted by atomic mass is 10.0. The summed E-state index contributed by atoms with van der Waals surface area (Å²) in [4.78, 5) is 14.2. The SMILES string of the molecule is CS(=O)(=O)NCC(=O)NC1CCCN(CCCc2ccccc2)C1. The molecule has 0 spiro atoms. The monoisotopic (exact) mass is 353 g/mol. The van der Waals surface area contributed by atoms with Gasteiger partial charge in [-0.25, -0.2) is 13.1 Å². The number of carbonyl (C=O) groups excluding carboxylic acids is 1. The molecule has 0 bridgehead atoms. The van der Waals surface area contributed by atoms with Crippen molar-refractivity contribution < 1.29 is 13.2 Å². The minimum atomic E-state index is -3.33. The fourth-order valence-electron chi connectivity index (χ4n) is 3.00. The largest absolute Gasteiger partial charge is 0.351 e. The Morgan fingerprint density at radius 1 is 1.29 bits per heavy atom. The van der Waals surface area contributed by atoms with Crippen molar-refractivity contribution in [1.82, 2.24) is 14.9 Å². The quantitative estimate of drug-likeness (QED) is 0.723. The number of nitrogens with one attached hydrogen (secondary N) is 2. The van der Waals surface area contributed by atoms with E-state index < -0.39 is 10.0 Å². The summed E-state index contributed by atoms with van der Waals surface area (Å²) < 4.78 is 24.3. The summed E-state index contributed by atoms with van der Waals surface area (Å²) in [5, 5.41) is 2.92. The summed E-state index contributed by atoms with van der Waals surface area (Å²) in [5.41, 5.74) is 1.35. The molecule has 2 rings (SSSR count). The van der Waals surface area contributed by atoms with Crippen LogP contribution in [0.5, 0.6) is 0 Å². The predicted octanol–water partition coefficient (Wildman–Crippen LogP) is 0.749. The van der Waals surface area contributed by atoms with Crippen molar-refractivity contribution in [1.29, 1.82) is 0 Å². The van der Waals surface area contributed by atoms with Crippen molar-refractivity contribution in [3.8, 4) is 0 Å². The van der Waals surface area contributed by atoms with Gasteiger partial charge in [0.1, 0.15) is 0 Å². The van der Waals surface area contributed by atoms with Crippen LogP contribution in [0.1, 0.15) is 24.8 Å². The lowest BCUT2D eigenvalue weighted by Crippen LogP contribution is -2.50. The first-order valence-corrected chi connectivity index (χ1v) is 10.3. The lowest BCUT2D eigenvalue weighted by molar-refractivity contribution is -0.121. The third-order valence-electron chi connectivity index (χ3n) is 4.15. The average Bonchev–Trinajstić information content (AvgIpc) is 2.54. The van der Waals surface area contributed by atoms with Crippen molar-refractivity contribution in [3.63, 3.8) is 0 Å². The van der Waals surface area contributed by atoms with Crippen LogP contribution in [0.3, 0.4) is 0 Å². The zero-order chi connectivity index (χ0) is 17.4. The van der Waals surface area contributed by atoms with Crippen LogP contribution >= 0.6 is 0 Å². The smallest absolute Gasteiger partial charge is 0.235 e. The van der Waals surface area contributed by atoms with Gasteiger partial charge in [0.15, 0.2) is 0 Å². The van der Waals surface area contributed by atoms with Crippen molar-refractivity contribution >= 4 is 15.9 Å². The van der Waals surface area contributed by atoms with E-state index in [2.05, 4.69) is 39.2 Å². The molecular weight excluding hydrogens is 326 g/mol. The van der Waals surface area contributed by atoms with Gasteiger partial charge in [-0.15, -0.1) is 0 Å². The maximum Gasteiger partial charge on any atom is 0.235 e. The Balaban J connectivity index is 1.68. The van der Waals surface area contributed by atoms with Crippen molar-refractivity contribution in [3.05, 3.63) is 35.9 Å². The molecule has 1 heterocycles. The number of piperidine rings is 1. The Hall–Kier alpha value is -1.44. The van der Waals surface area contributed by atoms with Gasteiger partial charge in [-0.3, -0.25) is 4.79 Å². The lowest BCUT2D eigenvalue weighted by Gasteiger charge is -2.33. The molecule has 7 heteroatoms. The van der Waals surface area contributed by atoms with Gasteiger partial charge in [0.25, 0.3) is 0 Å². The topological polar surface area (TPSA) is 78.5 Å². The summed E-state index contributed by atoms with van der Waals surface area (Å²) in [7, 11) is -3.33. The highest BCUT2D eigenvalue weighted by Crippen LogP contribution is 2.11. The van der Waals surface area contributed by atoms with Gasteiger partial charge in [0, 0.05) is 12.6 Å². The molecule has 0 aromatic heterocycles. The number of benzene rings is 1. The highest BCUT2D eigenvalue weighted by Gasteiger charge is 2.21. The molecule has 1 aliphatic rings. The van der Waals surface area contributed by atoms with Crippen LogP contribution in [0.4, 0.5) is 0 Å². The zero-order valence-corrected chi connectivity index (χ0v) is 15.0. The Morgan fingerprint density at radius 3 is 2.75 bits per heavy atom. The molecule has 6 nitrogen and oxygen atoms in total. The zero-order valence-electron chi connectivity index (χ0n) is 14.2. The van der Waals surface area contributed by atoms with Gasteiger partial charge in [0.05, 0.1) is 12.8 Å². The number of aryl methyl sites for hydroxylation is 1. The van der Waals surface area contributed by atoms with E-state index in [0.29, 0.717) is 0 Å². The van der Waals surface area contributed by atoms with E-state index in [-0.39, 0.29) is 18.5 Å². The van der Waals surface area contributed by atoms with Gasteiger partial charge in [-0.1, -0.05) is 30.3 Å². The van der Waals surface area contributed by atoms with Gasteiger partial charge >= 0.3 is 0 Å². The number of rotatable bonds is 8. The maximum absolute atomic E-state index is 11.8. The van der Waals surface area contributed by atoms with Crippen LogP contribution in [-0.4, -0.2) is 57.7 Å². The third-order valence-corrected chi connectivity index (χ3v) is 4.82. The second kappa shape index (κ2) is 9.15. The van der Waals surface area contributed by atoms with Crippen LogP contribution in [0, 0.1) is 0 Å². The molecular formula is C17H27N3O3S. The summed E-state index contributed by atoms with van der Waals surface area (Å²) in [6.45, 7) is 2.72. The molecule has 0 saturated carbocycles. The first-order chi connectivity index (χ1) is 11.4. The Morgan fingerprint density at radius 2 is 2.04 bits per heavy atom. The Bertz CT molecular complexity index is 619. The second-order valence-electron chi connectivity index (χ2n) is 6.39. The minimum Gasteiger partial charge on any atom is -0.351 e. The normalized spacial score (nSPS) is 19.1. The Labute approximate surface area is 144 Å². The number of hydrogen-bond donors (Lipinski definition) is 2. The molecule has 1 aliphatic heterocycles. The molecule has 24 heavy (non-hydrogen) atoms. The van der Waals surface area contributed by atoms with Crippen LogP contribution in [0.2, 0.25) is 0 Å². The highest BCUT2D eigenvalue weighted by atomic mass is 32.2.